The monoisotopic (exact) mass is 581 g/mol. The van der Waals surface area contributed by atoms with E-state index in [0.29, 0.717) is 30.3 Å². The molecule has 0 atom stereocenters. The number of hydrogen-bond acceptors (Lipinski definition) is 4. The molecule has 1 amide bonds. The number of ether oxygens (including phenoxy) is 2. The van der Waals surface area contributed by atoms with Crippen LogP contribution in [0.3, 0.4) is 0 Å². The van der Waals surface area contributed by atoms with Gasteiger partial charge in [0.25, 0.3) is 5.91 Å². The Bertz CT molecular complexity index is 1080. The van der Waals surface area contributed by atoms with Gasteiger partial charge in [-0.25, -0.2) is 0 Å². The molecule has 156 valence electrons. The van der Waals surface area contributed by atoms with Crippen molar-refractivity contribution in [2.24, 2.45) is 0 Å². The zero-order valence-corrected chi connectivity index (χ0v) is 20.3. The third-order valence-electron chi connectivity index (χ3n) is 4.20. The van der Waals surface area contributed by atoms with Crippen LogP contribution < -0.4 is 13.0 Å². The average molecular weight is 582 g/mol. The highest BCUT2D eigenvalue weighted by Gasteiger charge is 2.18. The molecule has 0 unspecified atom stereocenters. The number of halogens is 2. The summed E-state index contributed by atoms with van der Waals surface area (Å²) in [6, 6.07) is 11.7. The van der Waals surface area contributed by atoms with E-state index >= 15 is 0 Å². The van der Waals surface area contributed by atoms with E-state index in [1.54, 1.807) is 35.2 Å². The molecule has 1 heterocycles. The summed E-state index contributed by atoms with van der Waals surface area (Å²) in [5, 5.41) is 0.868. The summed E-state index contributed by atoms with van der Waals surface area (Å²) in [6.45, 7) is 4.75. The van der Waals surface area contributed by atoms with Crippen LogP contribution in [0.25, 0.3) is 17.0 Å². The normalized spacial score (nSPS) is 10.9. The number of furan rings is 1. The molecule has 7 heteroatoms. The van der Waals surface area contributed by atoms with Crippen molar-refractivity contribution in [2.45, 2.75) is 20.5 Å². The van der Waals surface area contributed by atoms with Crippen LogP contribution >= 0.6 is 38.8 Å². The van der Waals surface area contributed by atoms with Crippen molar-refractivity contribution in [2.75, 3.05) is 6.61 Å². The lowest BCUT2D eigenvalue weighted by molar-refractivity contribution is -0.114. The Kier molecular flexibility index (Phi) is 7.98. The van der Waals surface area contributed by atoms with Crippen molar-refractivity contribution in [1.82, 2.24) is 3.53 Å². The molecule has 0 fully saturated rings. The van der Waals surface area contributed by atoms with Crippen molar-refractivity contribution in [3.8, 4) is 11.5 Å². The molecule has 0 aliphatic rings. The van der Waals surface area contributed by atoms with Crippen LogP contribution in [0.4, 0.5) is 0 Å². The molecule has 2 aromatic carbocycles. The van der Waals surface area contributed by atoms with Crippen LogP contribution in [-0.4, -0.2) is 12.5 Å². The van der Waals surface area contributed by atoms with Crippen LogP contribution in [0.1, 0.15) is 25.0 Å². The van der Waals surface area contributed by atoms with E-state index in [-0.39, 0.29) is 5.91 Å². The topological polar surface area (TPSA) is 60.7 Å². The zero-order valence-electron chi connectivity index (χ0n) is 16.6. The molecule has 0 aliphatic carbocycles. The molecule has 1 aromatic heterocycles. The Morgan fingerprint density at radius 2 is 1.93 bits per heavy atom. The van der Waals surface area contributed by atoms with E-state index in [1.807, 2.05) is 56.3 Å². The van der Waals surface area contributed by atoms with Gasteiger partial charge in [-0.05, 0) is 55.8 Å². The van der Waals surface area contributed by atoms with E-state index in [0.717, 1.165) is 26.6 Å². The minimum Gasteiger partial charge on any atom is -0.484 e. The molecule has 3 aromatic rings. The molecule has 0 saturated carbocycles. The Morgan fingerprint density at radius 3 is 2.63 bits per heavy atom. The van der Waals surface area contributed by atoms with Gasteiger partial charge in [0.05, 0.1) is 29.1 Å². The number of hydrogen-bond donors (Lipinski definition) is 1. The van der Waals surface area contributed by atoms with Gasteiger partial charge in [-0.15, -0.1) is 0 Å². The summed E-state index contributed by atoms with van der Waals surface area (Å²) in [4.78, 5) is 11.7. The second kappa shape index (κ2) is 10.7. The third kappa shape index (κ3) is 5.89. The maximum Gasteiger partial charge on any atom is 0.252 e. The largest absolute Gasteiger partial charge is 0.484 e. The zero-order chi connectivity index (χ0) is 21.5. The van der Waals surface area contributed by atoms with Crippen LogP contribution in [0, 0.1) is 0 Å². The smallest absolute Gasteiger partial charge is 0.252 e. The van der Waals surface area contributed by atoms with E-state index in [9.17, 15) is 4.79 Å². The van der Waals surface area contributed by atoms with Gasteiger partial charge in [-0.3, -0.25) is 8.32 Å². The number of nitrogens with one attached hydrogen (secondary N) is 1. The summed E-state index contributed by atoms with van der Waals surface area (Å²) < 4.78 is 21.5. The Labute approximate surface area is 197 Å². The number of carbonyl (C=O) groups is 1. The maximum absolute atomic E-state index is 11.7. The number of carbonyl (C=O) groups excluding carboxylic acids is 1. The summed E-state index contributed by atoms with van der Waals surface area (Å²) in [5.74, 6) is 0.829. The molecule has 1 N–H and O–H groups in total. The highest BCUT2D eigenvalue weighted by Crippen LogP contribution is 2.41. The van der Waals surface area contributed by atoms with Gasteiger partial charge in [0.1, 0.15) is 13.2 Å². The van der Waals surface area contributed by atoms with Gasteiger partial charge < -0.3 is 13.9 Å². The molecule has 0 saturated heterocycles. The van der Waals surface area contributed by atoms with Gasteiger partial charge >= 0.3 is 0 Å². The van der Waals surface area contributed by atoms with Gasteiger partial charge in [0, 0.05) is 21.5 Å². The number of benzene rings is 2. The van der Waals surface area contributed by atoms with Gasteiger partial charge in [0.2, 0.25) is 5.75 Å². The third-order valence-corrected chi connectivity index (χ3v) is 5.26. The first-order valence-corrected chi connectivity index (χ1v) is 11.1. The lowest BCUT2D eigenvalue weighted by Crippen LogP contribution is -2.07. The molecule has 30 heavy (non-hydrogen) atoms. The molecule has 0 aliphatic heterocycles. The quantitative estimate of drug-likeness (QED) is 0.141. The fourth-order valence-electron chi connectivity index (χ4n) is 2.71. The molecule has 0 spiro atoms. The highest BCUT2D eigenvalue weighted by molar-refractivity contribution is 14.1. The minimum absolute atomic E-state index is 0.214. The molecular weight excluding hydrogens is 561 g/mol. The average Bonchev–Trinajstić information content (AvgIpc) is 3.20. The van der Waals surface area contributed by atoms with E-state index in [4.69, 9.17) is 13.9 Å². The first-order valence-electron chi connectivity index (χ1n) is 9.24. The molecule has 3 rings (SSSR count). The first kappa shape index (κ1) is 22.4. The predicted octanol–water partition coefficient (Wildman–Crippen LogP) is 6.60. The summed E-state index contributed by atoms with van der Waals surface area (Å²) >= 11 is 5.25. The molecule has 5 nitrogen and oxygen atoms in total. The van der Waals surface area contributed by atoms with Crippen molar-refractivity contribution >= 4 is 61.7 Å². The lowest BCUT2D eigenvalue weighted by atomic mass is 10.1. The summed E-state index contributed by atoms with van der Waals surface area (Å²) in [5.41, 5.74) is 3.50. The second-order valence-corrected chi connectivity index (χ2v) is 8.22. The maximum atomic E-state index is 11.7. The van der Waals surface area contributed by atoms with Crippen LogP contribution in [-0.2, 0) is 11.4 Å². The highest BCUT2D eigenvalue weighted by atomic mass is 127. The number of rotatable bonds is 8. The van der Waals surface area contributed by atoms with Crippen LogP contribution in [0.5, 0.6) is 11.5 Å². The Balaban J connectivity index is 2.02. The summed E-state index contributed by atoms with van der Waals surface area (Å²) in [7, 11) is 0. The van der Waals surface area contributed by atoms with Gasteiger partial charge in [-0.1, -0.05) is 33.6 Å². The lowest BCUT2D eigenvalue weighted by Gasteiger charge is -2.15. The van der Waals surface area contributed by atoms with E-state index in [1.165, 1.54) is 6.08 Å². The number of fused-ring (bicyclic) bond motifs is 1. The first-order chi connectivity index (χ1) is 14.5. The van der Waals surface area contributed by atoms with Crippen molar-refractivity contribution < 1.29 is 18.7 Å². The van der Waals surface area contributed by atoms with Crippen molar-refractivity contribution in [3.63, 3.8) is 0 Å². The van der Waals surface area contributed by atoms with E-state index in [2.05, 4.69) is 19.5 Å². The Hall–Kier alpha value is -2.26. The predicted molar refractivity (Wildman–Crippen MR) is 131 cm³/mol. The fourth-order valence-corrected chi connectivity index (χ4v) is 3.16. The van der Waals surface area contributed by atoms with Crippen molar-refractivity contribution in [1.29, 1.82) is 0 Å². The fraction of sp³-hybridized carbons (Fsp3) is 0.174. The van der Waals surface area contributed by atoms with E-state index < -0.39 is 0 Å². The van der Waals surface area contributed by atoms with Crippen LogP contribution in [0.2, 0.25) is 0 Å². The summed E-state index contributed by atoms with van der Waals surface area (Å²) in [6.07, 6.45) is 6.77. The standard InChI is InChI=1S/C23H21BrINO4/c1-15(2)9-11-29-23-21-18(10-12-28-21)13-17(5-8-20(27)26-25)22(23)30-14-16-3-6-19(24)7-4-16/h3-10,12-13H,11,14H2,1-2H3,(H,26,27)/b8-5+. The minimum atomic E-state index is -0.214. The number of amides is 1. The Morgan fingerprint density at radius 1 is 1.17 bits per heavy atom. The SMILES string of the molecule is CC(C)=CCOc1c(OCc2ccc(Br)cc2)c(/C=C/C(=O)NI)cc2ccoc12. The van der Waals surface area contributed by atoms with Crippen molar-refractivity contribution in [3.05, 3.63) is 76.0 Å². The van der Waals surface area contributed by atoms with Crippen LogP contribution in [0.15, 0.2) is 69.3 Å². The molecule has 0 radical (unpaired) electrons. The van der Waals surface area contributed by atoms with Gasteiger partial charge in [-0.2, -0.15) is 0 Å². The van der Waals surface area contributed by atoms with Gasteiger partial charge in [0.15, 0.2) is 11.3 Å². The second-order valence-electron chi connectivity index (χ2n) is 6.76. The molecule has 0 bridgehead atoms. The number of allylic oxidation sites excluding steroid dienone is 1. The molecular formula is C23H21BrINO4.